The molecule has 0 saturated heterocycles. The number of urea groups is 1. The summed E-state index contributed by atoms with van der Waals surface area (Å²) in [5, 5.41) is 12.6. The molecule has 0 radical (unpaired) electrons. The van der Waals surface area contributed by atoms with Gasteiger partial charge in [0.25, 0.3) is 0 Å². The molecule has 0 fully saturated rings. The van der Waals surface area contributed by atoms with Gasteiger partial charge in [0, 0.05) is 13.1 Å². The molecule has 0 spiro atoms. The van der Waals surface area contributed by atoms with Crippen LogP contribution >= 0.6 is 0 Å². The van der Waals surface area contributed by atoms with Crippen LogP contribution in [0, 0.1) is 5.41 Å². The highest BCUT2D eigenvalue weighted by Crippen LogP contribution is 2.21. The van der Waals surface area contributed by atoms with Gasteiger partial charge in [-0.2, -0.15) is 0 Å². The normalized spacial score (nSPS) is 14.2. The highest BCUT2D eigenvalue weighted by atomic mass is 16.3. The van der Waals surface area contributed by atoms with Crippen LogP contribution in [0.1, 0.15) is 54.4 Å². The lowest BCUT2D eigenvalue weighted by molar-refractivity contribution is 0.0527. The van der Waals surface area contributed by atoms with Crippen molar-refractivity contribution in [3.05, 3.63) is 0 Å². The second-order valence-corrected chi connectivity index (χ2v) is 7.12. The molecular weight excluding hydrogens is 228 g/mol. The Morgan fingerprint density at radius 3 is 2.17 bits per heavy atom. The van der Waals surface area contributed by atoms with Gasteiger partial charge in [-0.05, 0) is 39.0 Å². The van der Waals surface area contributed by atoms with Gasteiger partial charge in [0.1, 0.15) is 0 Å². The molecule has 0 aromatic carbocycles. The number of amides is 2. The Kier molecular flexibility index (Phi) is 6.14. The molecule has 0 heterocycles. The zero-order chi connectivity index (χ0) is 14.6. The third-order valence-corrected chi connectivity index (χ3v) is 2.67. The third-order valence-electron chi connectivity index (χ3n) is 2.67. The van der Waals surface area contributed by atoms with Crippen LogP contribution in [-0.4, -0.2) is 41.3 Å². The fourth-order valence-corrected chi connectivity index (χ4v) is 1.69. The van der Waals surface area contributed by atoms with Gasteiger partial charge in [0.05, 0.1) is 12.1 Å². The largest absolute Gasteiger partial charge is 0.389 e. The summed E-state index contributed by atoms with van der Waals surface area (Å²) in [5.74, 6) is 0. The van der Waals surface area contributed by atoms with Crippen molar-refractivity contribution in [3.63, 3.8) is 0 Å². The highest BCUT2D eigenvalue weighted by molar-refractivity contribution is 5.74. The lowest BCUT2D eigenvalue weighted by atomic mass is 9.89. The monoisotopic (exact) mass is 258 g/mol. The Morgan fingerprint density at radius 2 is 1.78 bits per heavy atom. The van der Waals surface area contributed by atoms with Crippen molar-refractivity contribution in [3.8, 4) is 0 Å². The van der Waals surface area contributed by atoms with E-state index in [0.717, 1.165) is 12.8 Å². The Hall–Kier alpha value is -0.770. The molecule has 2 N–H and O–H groups in total. The fraction of sp³-hybridized carbons (Fsp3) is 0.929. The standard InChI is InChI=1S/C14H30N2O2/c1-11(8-9-13(2,3)4)15-12(17)16(7)10-14(5,6)18/h11,18H,8-10H2,1-7H3,(H,15,17). The molecule has 0 bridgehead atoms. The number of hydrogen-bond acceptors (Lipinski definition) is 2. The molecule has 108 valence electrons. The molecule has 0 aliphatic heterocycles. The quantitative estimate of drug-likeness (QED) is 0.796. The average Bonchev–Trinajstić information content (AvgIpc) is 2.10. The van der Waals surface area contributed by atoms with E-state index in [0.29, 0.717) is 6.54 Å². The van der Waals surface area contributed by atoms with Crippen LogP contribution in [0.2, 0.25) is 0 Å². The van der Waals surface area contributed by atoms with Crippen LogP contribution < -0.4 is 5.32 Å². The summed E-state index contributed by atoms with van der Waals surface area (Å²) in [6.07, 6.45) is 2.04. The fourth-order valence-electron chi connectivity index (χ4n) is 1.69. The topological polar surface area (TPSA) is 52.6 Å². The Balaban J connectivity index is 4.08. The molecule has 1 atom stereocenters. The van der Waals surface area contributed by atoms with Crippen molar-refractivity contribution in [2.75, 3.05) is 13.6 Å². The first-order valence-corrected chi connectivity index (χ1v) is 6.65. The van der Waals surface area contributed by atoms with E-state index in [9.17, 15) is 9.90 Å². The molecule has 1 unspecified atom stereocenters. The van der Waals surface area contributed by atoms with Crippen molar-refractivity contribution in [1.29, 1.82) is 0 Å². The predicted molar refractivity (Wildman–Crippen MR) is 75.6 cm³/mol. The first-order chi connectivity index (χ1) is 7.91. The molecule has 0 aromatic rings. The van der Waals surface area contributed by atoms with Crippen LogP contribution in [0.5, 0.6) is 0 Å². The molecule has 0 aliphatic rings. The molecule has 4 heteroatoms. The number of hydrogen-bond donors (Lipinski definition) is 2. The number of nitrogens with zero attached hydrogens (tertiary/aromatic N) is 1. The summed E-state index contributed by atoms with van der Waals surface area (Å²) >= 11 is 0. The summed E-state index contributed by atoms with van der Waals surface area (Å²) in [6.45, 7) is 12.3. The molecule has 0 aromatic heterocycles. The van der Waals surface area contributed by atoms with E-state index in [1.165, 1.54) is 4.90 Å². The lowest BCUT2D eigenvalue weighted by Gasteiger charge is -2.28. The number of likely N-dealkylation sites (N-methyl/N-ethyl adjacent to an activating group) is 1. The Bertz CT molecular complexity index is 264. The minimum Gasteiger partial charge on any atom is -0.389 e. The maximum absolute atomic E-state index is 11.9. The molecular formula is C14H30N2O2. The molecule has 0 rings (SSSR count). The van der Waals surface area contributed by atoms with E-state index in [1.54, 1.807) is 20.9 Å². The zero-order valence-electron chi connectivity index (χ0n) is 13.0. The second-order valence-electron chi connectivity index (χ2n) is 7.12. The molecule has 0 saturated carbocycles. The molecule has 0 aliphatic carbocycles. The van der Waals surface area contributed by atoms with Crippen molar-refractivity contribution >= 4 is 6.03 Å². The van der Waals surface area contributed by atoms with Crippen molar-refractivity contribution in [2.45, 2.75) is 66.0 Å². The van der Waals surface area contributed by atoms with E-state index in [1.807, 2.05) is 6.92 Å². The second kappa shape index (κ2) is 6.41. The van der Waals surface area contributed by atoms with Crippen molar-refractivity contribution in [2.24, 2.45) is 5.41 Å². The van der Waals surface area contributed by atoms with E-state index < -0.39 is 5.60 Å². The predicted octanol–water partition coefficient (Wildman–Crippen LogP) is 2.61. The molecule has 18 heavy (non-hydrogen) atoms. The van der Waals surface area contributed by atoms with Gasteiger partial charge in [-0.1, -0.05) is 20.8 Å². The molecule has 2 amide bonds. The number of rotatable bonds is 5. The van der Waals surface area contributed by atoms with Crippen LogP contribution in [0.15, 0.2) is 0 Å². The van der Waals surface area contributed by atoms with E-state index in [-0.39, 0.29) is 17.5 Å². The van der Waals surface area contributed by atoms with Crippen LogP contribution in [0.25, 0.3) is 0 Å². The summed E-state index contributed by atoms with van der Waals surface area (Å²) < 4.78 is 0. The number of carbonyl (C=O) groups is 1. The van der Waals surface area contributed by atoms with Crippen LogP contribution in [0.3, 0.4) is 0 Å². The summed E-state index contributed by atoms with van der Waals surface area (Å²) in [5.41, 5.74) is -0.571. The summed E-state index contributed by atoms with van der Waals surface area (Å²) in [4.78, 5) is 13.4. The number of carbonyl (C=O) groups excluding carboxylic acids is 1. The van der Waals surface area contributed by atoms with E-state index in [2.05, 4.69) is 26.1 Å². The van der Waals surface area contributed by atoms with Crippen LogP contribution in [0.4, 0.5) is 4.79 Å². The summed E-state index contributed by atoms with van der Waals surface area (Å²) in [7, 11) is 1.70. The third kappa shape index (κ3) is 9.28. The van der Waals surface area contributed by atoms with Gasteiger partial charge in [-0.25, -0.2) is 4.79 Å². The average molecular weight is 258 g/mol. The maximum Gasteiger partial charge on any atom is 0.317 e. The lowest BCUT2D eigenvalue weighted by Crippen LogP contribution is -2.47. The minimum absolute atomic E-state index is 0.126. The SMILES string of the molecule is CC(CCC(C)(C)C)NC(=O)N(C)CC(C)(C)O. The van der Waals surface area contributed by atoms with Gasteiger partial charge in [-0.15, -0.1) is 0 Å². The maximum atomic E-state index is 11.9. The highest BCUT2D eigenvalue weighted by Gasteiger charge is 2.20. The van der Waals surface area contributed by atoms with Gasteiger partial charge in [0.2, 0.25) is 0 Å². The Labute approximate surface area is 112 Å². The number of nitrogens with one attached hydrogen (secondary N) is 1. The van der Waals surface area contributed by atoms with Gasteiger partial charge in [0.15, 0.2) is 0 Å². The van der Waals surface area contributed by atoms with Gasteiger partial charge < -0.3 is 15.3 Å². The smallest absolute Gasteiger partial charge is 0.317 e. The first-order valence-electron chi connectivity index (χ1n) is 6.65. The van der Waals surface area contributed by atoms with Gasteiger partial charge in [-0.3, -0.25) is 0 Å². The summed E-state index contributed by atoms with van der Waals surface area (Å²) in [6, 6.07) is 0.0273. The van der Waals surface area contributed by atoms with Crippen molar-refractivity contribution < 1.29 is 9.90 Å². The van der Waals surface area contributed by atoms with Crippen molar-refractivity contribution in [1.82, 2.24) is 10.2 Å². The number of aliphatic hydroxyl groups is 1. The first kappa shape index (κ1) is 17.2. The van der Waals surface area contributed by atoms with Gasteiger partial charge >= 0.3 is 6.03 Å². The van der Waals surface area contributed by atoms with E-state index >= 15 is 0 Å². The van der Waals surface area contributed by atoms with Crippen LogP contribution in [-0.2, 0) is 0 Å². The molecule has 4 nitrogen and oxygen atoms in total. The zero-order valence-corrected chi connectivity index (χ0v) is 13.0. The van der Waals surface area contributed by atoms with E-state index in [4.69, 9.17) is 0 Å². The minimum atomic E-state index is -0.860. The Morgan fingerprint density at radius 1 is 1.28 bits per heavy atom.